The standard InChI is InChI=1S/C16H16N4O4S/c1-11(21)15(20-19-13-5-3-2-4-6-13)16(22)18-12-7-9-14(10-8-12)25(17,23)24/h2-10,21H,1H3,(H,18,22)(H2,17,23,24). The van der Waals surface area contributed by atoms with Crippen molar-refractivity contribution in [3.8, 4) is 0 Å². The Bertz CT molecular complexity index is 916. The van der Waals surface area contributed by atoms with Crippen molar-refractivity contribution >= 4 is 27.3 Å². The lowest BCUT2D eigenvalue weighted by Crippen LogP contribution is -2.15. The van der Waals surface area contributed by atoms with Crippen molar-refractivity contribution < 1.29 is 18.3 Å². The molecule has 2 aromatic rings. The first-order valence-corrected chi connectivity index (χ1v) is 8.63. The Morgan fingerprint density at radius 3 is 2.20 bits per heavy atom. The molecule has 0 radical (unpaired) electrons. The van der Waals surface area contributed by atoms with Crippen molar-refractivity contribution in [3.05, 3.63) is 66.1 Å². The minimum absolute atomic E-state index is 0.0802. The fraction of sp³-hybridized carbons (Fsp3) is 0.0625. The van der Waals surface area contributed by atoms with Crippen LogP contribution in [0.1, 0.15) is 6.92 Å². The van der Waals surface area contributed by atoms with Gasteiger partial charge in [-0.3, -0.25) is 4.79 Å². The maximum absolute atomic E-state index is 12.2. The zero-order valence-corrected chi connectivity index (χ0v) is 14.1. The summed E-state index contributed by atoms with van der Waals surface area (Å²) in [5.41, 5.74) is 0.567. The Hall–Kier alpha value is -3.04. The number of amides is 1. The maximum Gasteiger partial charge on any atom is 0.279 e. The molecular formula is C16H16N4O4S. The van der Waals surface area contributed by atoms with Crippen molar-refractivity contribution in [2.75, 3.05) is 5.32 Å². The molecule has 0 heterocycles. The second-order valence-corrected chi connectivity index (χ2v) is 6.55. The Kier molecular flexibility index (Phi) is 5.63. The summed E-state index contributed by atoms with van der Waals surface area (Å²) in [6.45, 7) is 1.31. The van der Waals surface area contributed by atoms with E-state index in [0.29, 0.717) is 11.4 Å². The Morgan fingerprint density at radius 2 is 1.68 bits per heavy atom. The number of rotatable bonds is 5. The molecule has 0 fully saturated rings. The summed E-state index contributed by atoms with van der Waals surface area (Å²) in [6, 6.07) is 14.0. The van der Waals surface area contributed by atoms with Crippen LogP contribution in [0.5, 0.6) is 0 Å². The third kappa shape index (κ3) is 5.23. The van der Waals surface area contributed by atoms with E-state index in [4.69, 9.17) is 5.14 Å². The van der Waals surface area contributed by atoms with E-state index in [2.05, 4.69) is 15.5 Å². The molecule has 0 bridgehead atoms. The summed E-state index contributed by atoms with van der Waals surface area (Å²) in [5, 5.41) is 24.8. The van der Waals surface area contributed by atoms with Gasteiger partial charge in [-0.2, -0.15) is 5.11 Å². The van der Waals surface area contributed by atoms with Crippen molar-refractivity contribution in [1.82, 2.24) is 0 Å². The van der Waals surface area contributed by atoms with Crippen molar-refractivity contribution in [2.24, 2.45) is 15.4 Å². The molecule has 0 aliphatic carbocycles. The second-order valence-electron chi connectivity index (χ2n) is 4.99. The van der Waals surface area contributed by atoms with Gasteiger partial charge < -0.3 is 10.4 Å². The maximum atomic E-state index is 12.2. The lowest BCUT2D eigenvalue weighted by Gasteiger charge is -2.06. The Balaban J connectivity index is 2.16. The molecule has 0 aromatic heterocycles. The van der Waals surface area contributed by atoms with Crippen LogP contribution >= 0.6 is 0 Å². The number of aliphatic hydroxyl groups excluding tert-OH is 1. The molecule has 2 rings (SSSR count). The number of carbonyl (C=O) groups is 1. The molecule has 0 saturated carbocycles. The van der Waals surface area contributed by atoms with Gasteiger partial charge >= 0.3 is 0 Å². The average Bonchev–Trinajstić information content (AvgIpc) is 2.55. The van der Waals surface area contributed by atoms with Crippen LogP contribution in [0.3, 0.4) is 0 Å². The molecule has 2 aromatic carbocycles. The van der Waals surface area contributed by atoms with Crippen molar-refractivity contribution in [2.45, 2.75) is 11.8 Å². The van der Waals surface area contributed by atoms with Gasteiger partial charge in [-0.25, -0.2) is 13.6 Å². The number of nitrogens with two attached hydrogens (primary N) is 1. The SMILES string of the molecule is CC(O)=C(N=Nc1ccccc1)C(=O)Nc1ccc(S(N)(=O)=O)cc1. The number of azo groups is 1. The lowest BCUT2D eigenvalue weighted by atomic mass is 10.3. The van der Waals surface area contributed by atoms with E-state index in [1.54, 1.807) is 24.3 Å². The highest BCUT2D eigenvalue weighted by Crippen LogP contribution is 2.17. The number of hydrogen-bond acceptors (Lipinski definition) is 6. The number of allylic oxidation sites excluding steroid dienone is 1. The van der Waals surface area contributed by atoms with Gasteiger partial charge in [0, 0.05) is 5.69 Å². The first kappa shape index (κ1) is 18.3. The lowest BCUT2D eigenvalue weighted by molar-refractivity contribution is -0.113. The van der Waals surface area contributed by atoms with Gasteiger partial charge in [0.1, 0.15) is 5.76 Å². The second kappa shape index (κ2) is 7.69. The van der Waals surface area contributed by atoms with Gasteiger partial charge in [0.2, 0.25) is 10.0 Å². The molecule has 0 aliphatic rings. The number of primary sulfonamides is 1. The third-order valence-electron chi connectivity index (χ3n) is 3.02. The number of hydrogen-bond donors (Lipinski definition) is 3. The number of nitrogens with one attached hydrogen (secondary N) is 1. The van der Waals surface area contributed by atoms with Gasteiger partial charge in [0.05, 0.1) is 10.6 Å². The van der Waals surface area contributed by atoms with Crippen LogP contribution in [0.2, 0.25) is 0 Å². The minimum Gasteiger partial charge on any atom is -0.510 e. The predicted octanol–water partition coefficient (Wildman–Crippen LogP) is 2.85. The summed E-state index contributed by atoms with van der Waals surface area (Å²) in [6.07, 6.45) is 0. The molecule has 0 spiro atoms. The zero-order valence-electron chi connectivity index (χ0n) is 13.2. The van der Waals surface area contributed by atoms with Crippen LogP contribution in [0.15, 0.2) is 81.2 Å². The first-order chi connectivity index (χ1) is 11.8. The van der Waals surface area contributed by atoms with Crippen molar-refractivity contribution in [1.29, 1.82) is 0 Å². The van der Waals surface area contributed by atoms with Crippen molar-refractivity contribution in [3.63, 3.8) is 0 Å². The van der Waals surface area contributed by atoms with E-state index < -0.39 is 15.9 Å². The topological polar surface area (TPSA) is 134 Å². The van der Waals surface area contributed by atoms with Crippen LogP contribution in [-0.4, -0.2) is 19.4 Å². The number of carbonyl (C=O) groups excluding carboxylic acids is 1. The summed E-state index contributed by atoms with van der Waals surface area (Å²) >= 11 is 0. The van der Waals surface area contributed by atoms with Gasteiger partial charge in [0.15, 0.2) is 5.70 Å². The van der Waals surface area contributed by atoms with E-state index in [1.807, 2.05) is 6.07 Å². The molecule has 130 valence electrons. The molecule has 0 aliphatic heterocycles. The van der Waals surface area contributed by atoms with Crippen LogP contribution in [0.25, 0.3) is 0 Å². The summed E-state index contributed by atoms with van der Waals surface area (Å²) in [5.74, 6) is -0.999. The summed E-state index contributed by atoms with van der Waals surface area (Å²) in [4.78, 5) is 12.2. The molecule has 0 atom stereocenters. The molecule has 0 saturated heterocycles. The highest BCUT2D eigenvalue weighted by molar-refractivity contribution is 7.89. The number of benzene rings is 2. The smallest absolute Gasteiger partial charge is 0.279 e. The zero-order chi connectivity index (χ0) is 18.4. The predicted molar refractivity (Wildman–Crippen MR) is 92.7 cm³/mol. The number of anilines is 1. The van der Waals surface area contributed by atoms with Crippen LogP contribution in [0.4, 0.5) is 11.4 Å². The summed E-state index contributed by atoms with van der Waals surface area (Å²) < 4.78 is 22.4. The van der Waals surface area contributed by atoms with Crippen LogP contribution < -0.4 is 10.5 Å². The molecule has 25 heavy (non-hydrogen) atoms. The van der Waals surface area contributed by atoms with Gasteiger partial charge in [-0.05, 0) is 43.3 Å². The third-order valence-corrected chi connectivity index (χ3v) is 3.95. The van der Waals surface area contributed by atoms with E-state index >= 15 is 0 Å². The average molecular weight is 360 g/mol. The molecule has 9 heteroatoms. The van der Waals surface area contributed by atoms with Gasteiger partial charge in [-0.15, -0.1) is 5.11 Å². The molecule has 4 N–H and O–H groups in total. The molecule has 1 amide bonds. The molecule has 0 unspecified atom stereocenters. The van der Waals surface area contributed by atoms with Gasteiger partial charge in [0.25, 0.3) is 5.91 Å². The number of nitrogens with zero attached hydrogens (tertiary/aromatic N) is 2. The summed E-state index contributed by atoms with van der Waals surface area (Å²) in [7, 11) is -3.81. The number of sulfonamides is 1. The Labute approximate surface area is 144 Å². The highest BCUT2D eigenvalue weighted by Gasteiger charge is 2.14. The van der Waals surface area contributed by atoms with E-state index in [-0.39, 0.29) is 16.4 Å². The quantitative estimate of drug-likeness (QED) is 0.429. The van der Waals surface area contributed by atoms with E-state index in [9.17, 15) is 18.3 Å². The molecule has 8 nitrogen and oxygen atoms in total. The first-order valence-electron chi connectivity index (χ1n) is 7.08. The monoisotopic (exact) mass is 360 g/mol. The van der Waals surface area contributed by atoms with Gasteiger partial charge in [-0.1, -0.05) is 18.2 Å². The molecular weight excluding hydrogens is 344 g/mol. The fourth-order valence-electron chi connectivity index (χ4n) is 1.80. The Morgan fingerprint density at radius 1 is 1.08 bits per heavy atom. The fourth-order valence-corrected chi connectivity index (χ4v) is 2.32. The minimum atomic E-state index is -3.81. The highest BCUT2D eigenvalue weighted by atomic mass is 32.2. The van der Waals surface area contributed by atoms with E-state index in [1.165, 1.54) is 31.2 Å². The number of aliphatic hydroxyl groups is 1. The normalized spacial score (nSPS) is 12.7. The van der Waals surface area contributed by atoms with Crippen LogP contribution in [-0.2, 0) is 14.8 Å². The van der Waals surface area contributed by atoms with Crippen LogP contribution in [0, 0.1) is 0 Å². The van der Waals surface area contributed by atoms with E-state index in [0.717, 1.165) is 0 Å². The largest absolute Gasteiger partial charge is 0.510 e.